The molecule has 1 amide bonds. The predicted molar refractivity (Wildman–Crippen MR) is 104 cm³/mol. The van der Waals surface area contributed by atoms with Gasteiger partial charge < -0.3 is 5.32 Å². The van der Waals surface area contributed by atoms with Gasteiger partial charge in [0.05, 0.1) is 11.8 Å². The minimum absolute atomic E-state index is 0.0136. The fourth-order valence-electron chi connectivity index (χ4n) is 3.25. The molecule has 0 fully saturated rings. The Morgan fingerprint density at radius 1 is 1.13 bits per heavy atom. The van der Waals surface area contributed by atoms with E-state index in [1.165, 1.54) is 24.5 Å². The van der Waals surface area contributed by atoms with Crippen LogP contribution in [0.1, 0.15) is 22.1 Å². The van der Waals surface area contributed by atoms with Crippen LogP contribution in [0.3, 0.4) is 0 Å². The summed E-state index contributed by atoms with van der Waals surface area (Å²) in [6, 6.07) is 12.6. The van der Waals surface area contributed by atoms with Crippen molar-refractivity contribution in [3.8, 4) is 11.4 Å². The molecule has 0 spiro atoms. The minimum Gasteiger partial charge on any atom is -0.333 e. The Labute approximate surface area is 174 Å². The molecule has 3 N–H and O–H groups in total. The number of carbonyl (C=O) groups is 1. The zero-order chi connectivity index (χ0) is 21.3. The molecule has 5 nitrogen and oxygen atoms in total. The number of halogens is 4. The van der Waals surface area contributed by atoms with Crippen LogP contribution in [0.5, 0.6) is 0 Å². The third kappa shape index (κ3) is 3.86. The predicted octanol–water partition coefficient (Wildman–Crippen LogP) is 3.92. The van der Waals surface area contributed by atoms with E-state index in [2.05, 4.69) is 15.3 Å². The van der Waals surface area contributed by atoms with Crippen LogP contribution in [-0.2, 0) is 0 Å². The van der Waals surface area contributed by atoms with Crippen LogP contribution in [0.15, 0.2) is 73.2 Å². The van der Waals surface area contributed by atoms with E-state index in [4.69, 9.17) is 11.6 Å². The van der Waals surface area contributed by atoms with Crippen molar-refractivity contribution in [2.75, 3.05) is 0 Å². The smallest absolute Gasteiger partial charge is 0.333 e. The van der Waals surface area contributed by atoms with Crippen LogP contribution in [-0.4, -0.2) is 17.1 Å². The molecule has 30 heavy (non-hydrogen) atoms. The minimum atomic E-state index is -4.67. The number of benzene rings is 1. The Morgan fingerprint density at radius 3 is 2.67 bits per heavy atom. The second-order valence-electron chi connectivity index (χ2n) is 6.60. The summed E-state index contributed by atoms with van der Waals surface area (Å²) in [5, 5.41) is 2.60. The first-order chi connectivity index (χ1) is 14.3. The number of pyridine rings is 2. The number of amides is 1. The van der Waals surface area contributed by atoms with Gasteiger partial charge in [0.25, 0.3) is 11.7 Å². The van der Waals surface area contributed by atoms with Crippen molar-refractivity contribution in [3.05, 3.63) is 89.5 Å². The van der Waals surface area contributed by atoms with E-state index in [-0.39, 0.29) is 11.3 Å². The standard InChI is InChI=1S/C21H14ClF3N4O/c22-15-7-3-5-13(11-15)19-27-17(16-8-1-2-10-29(16)19)20(30)28-18(21(23,24)25)14-6-4-9-26-12-14/h1-12,18H,(H,28,30)/p+2. The maximum absolute atomic E-state index is 13.7. The third-order valence-corrected chi connectivity index (χ3v) is 4.83. The lowest BCUT2D eigenvalue weighted by Gasteiger charge is -2.19. The van der Waals surface area contributed by atoms with Crippen LogP contribution < -0.4 is 14.7 Å². The molecule has 0 bridgehead atoms. The Bertz CT molecular complexity index is 1210. The number of alkyl halides is 3. The quantitative estimate of drug-likeness (QED) is 0.472. The van der Waals surface area contributed by atoms with Gasteiger partial charge in [0, 0.05) is 16.7 Å². The zero-order valence-electron chi connectivity index (χ0n) is 15.4. The largest absolute Gasteiger partial charge is 0.413 e. The summed E-state index contributed by atoms with van der Waals surface area (Å²) >= 11 is 6.07. The maximum atomic E-state index is 13.7. The van der Waals surface area contributed by atoms with Gasteiger partial charge in [0.2, 0.25) is 5.69 Å². The Balaban J connectivity index is 1.77. The van der Waals surface area contributed by atoms with Crippen molar-refractivity contribution in [1.29, 1.82) is 0 Å². The molecule has 1 aromatic carbocycles. The van der Waals surface area contributed by atoms with Gasteiger partial charge in [0.1, 0.15) is 0 Å². The number of aromatic amines is 2. The number of H-pyrrole nitrogens is 2. The number of imidazole rings is 1. The summed E-state index contributed by atoms with van der Waals surface area (Å²) < 4.78 is 42.6. The van der Waals surface area contributed by atoms with E-state index in [9.17, 15) is 18.0 Å². The van der Waals surface area contributed by atoms with Gasteiger partial charge in [-0.15, -0.1) is 0 Å². The van der Waals surface area contributed by atoms with Crippen LogP contribution >= 0.6 is 11.6 Å². The van der Waals surface area contributed by atoms with E-state index in [1.807, 2.05) is 0 Å². The van der Waals surface area contributed by atoms with Crippen molar-refractivity contribution in [3.63, 3.8) is 0 Å². The van der Waals surface area contributed by atoms with Gasteiger partial charge in [-0.2, -0.15) is 17.6 Å². The van der Waals surface area contributed by atoms with Gasteiger partial charge in [0.15, 0.2) is 24.0 Å². The highest BCUT2D eigenvalue weighted by atomic mass is 35.5. The van der Waals surface area contributed by atoms with Gasteiger partial charge in [-0.05, 0) is 36.4 Å². The van der Waals surface area contributed by atoms with Crippen molar-refractivity contribution in [2.24, 2.45) is 0 Å². The van der Waals surface area contributed by atoms with Crippen molar-refractivity contribution in [1.82, 2.24) is 10.3 Å². The fourth-order valence-corrected chi connectivity index (χ4v) is 3.44. The molecular formula is C21H16ClF3N4O+2. The molecule has 4 aromatic rings. The molecule has 0 aliphatic heterocycles. The molecule has 0 aliphatic carbocycles. The van der Waals surface area contributed by atoms with E-state index < -0.39 is 18.1 Å². The van der Waals surface area contributed by atoms with E-state index in [0.29, 0.717) is 21.9 Å². The number of fused-ring (bicyclic) bond motifs is 1. The Morgan fingerprint density at radius 2 is 1.97 bits per heavy atom. The number of nitrogens with zero attached hydrogens (tertiary/aromatic N) is 1. The molecule has 1 atom stereocenters. The molecule has 4 rings (SSSR count). The topological polar surface area (TPSA) is 63.1 Å². The first kappa shape index (κ1) is 19.9. The van der Waals surface area contributed by atoms with E-state index >= 15 is 0 Å². The summed E-state index contributed by atoms with van der Waals surface area (Å²) in [7, 11) is 0. The highest BCUT2D eigenvalue weighted by Crippen LogP contribution is 2.32. The Hall–Kier alpha value is -3.39. The third-order valence-electron chi connectivity index (χ3n) is 4.59. The number of hydrogen-bond acceptors (Lipinski definition) is 1. The van der Waals surface area contributed by atoms with Gasteiger partial charge in [-0.25, -0.2) is 9.97 Å². The molecule has 0 saturated heterocycles. The van der Waals surface area contributed by atoms with Crippen LogP contribution in [0.4, 0.5) is 13.2 Å². The number of carbonyl (C=O) groups excluding carboxylic acids is 1. The summed E-state index contributed by atoms with van der Waals surface area (Å²) in [6.45, 7) is 0. The molecular weight excluding hydrogens is 417 g/mol. The van der Waals surface area contributed by atoms with Gasteiger partial charge in [-0.3, -0.25) is 4.79 Å². The monoisotopic (exact) mass is 432 g/mol. The van der Waals surface area contributed by atoms with Crippen LogP contribution in [0.25, 0.3) is 16.9 Å². The van der Waals surface area contributed by atoms with Crippen molar-refractivity contribution >= 4 is 23.0 Å². The molecule has 0 aliphatic rings. The number of aromatic nitrogens is 3. The average molecular weight is 433 g/mol. The second-order valence-corrected chi connectivity index (χ2v) is 7.04. The average Bonchev–Trinajstić information content (AvgIpc) is 3.11. The zero-order valence-corrected chi connectivity index (χ0v) is 16.1. The molecule has 0 radical (unpaired) electrons. The van der Waals surface area contributed by atoms with Crippen LogP contribution in [0, 0.1) is 0 Å². The highest BCUT2D eigenvalue weighted by Gasteiger charge is 2.44. The van der Waals surface area contributed by atoms with Gasteiger partial charge >= 0.3 is 6.18 Å². The number of hydrogen-bond donors (Lipinski definition) is 2. The van der Waals surface area contributed by atoms with E-state index in [0.717, 1.165) is 0 Å². The lowest BCUT2D eigenvalue weighted by molar-refractivity contribution is -0.498. The lowest BCUT2D eigenvalue weighted by Crippen LogP contribution is -2.39. The first-order valence-corrected chi connectivity index (χ1v) is 9.34. The molecule has 3 heterocycles. The fraction of sp³-hybridized carbons (Fsp3) is 0.0952. The van der Waals surface area contributed by atoms with Crippen molar-refractivity contribution < 1.29 is 27.4 Å². The lowest BCUT2D eigenvalue weighted by atomic mass is 10.1. The SMILES string of the molecule is O=C(NC(c1ccc[nH+]c1)C(F)(F)F)c1[nH]c(-c2cccc(Cl)c2)[n+]2ccccc12. The maximum Gasteiger partial charge on any atom is 0.413 e. The Kier molecular flexibility index (Phi) is 5.17. The normalized spacial score (nSPS) is 12.7. The summed E-state index contributed by atoms with van der Waals surface area (Å²) in [5.41, 5.74) is 1.04. The molecule has 152 valence electrons. The van der Waals surface area contributed by atoms with Crippen LogP contribution in [0.2, 0.25) is 5.02 Å². The van der Waals surface area contributed by atoms with Gasteiger partial charge in [-0.1, -0.05) is 23.7 Å². The first-order valence-electron chi connectivity index (χ1n) is 8.96. The summed E-state index contributed by atoms with van der Waals surface area (Å²) in [4.78, 5) is 18.5. The molecule has 9 heteroatoms. The highest BCUT2D eigenvalue weighted by molar-refractivity contribution is 6.30. The molecule has 1 unspecified atom stereocenters. The number of rotatable bonds is 4. The number of nitrogens with one attached hydrogen (secondary N) is 3. The van der Waals surface area contributed by atoms with E-state index in [1.54, 1.807) is 53.1 Å². The second kappa shape index (κ2) is 7.79. The van der Waals surface area contributed by atoms with Crippen molar-refractivity contribution in [2.45, 2.75) is 12.2 Å². The summed E-state index contributed by atoms with van der Waals surface area (Å²) in [6.07, 6.45) is -0.259. The molecule has 3 aromatic heterocycles. The summed E-state index contributed by atoms with van der Waals surface area (Å²) in [5.74, 6) is -0.354. The molecule has 0 saturated carbocycles.